The summed E-state index contributed by atoms with van der Waals surface area (Å²) >= 11 is 0. The average Bonchev–Trinajstić information content (AvgIpc) is 3.45. The van der Waals surface area contributed by atoms with Crippen LogP contribution in [0.1, 0.15) is 23.3 Å². The topological polar surface area (TPSA) is 23.0 Å². The zero-order valence-electron chi connectivity index (χ0n) is 50.6. The van der Waals surface area contributed by atoms with E-state index in [-0.39, 0.29) is 85.8 Å². The summed E-state index contributed by atoms with van der Waals surface area (Å²) in [6, 6.07) is 33.6. The third-order valence-electron chi connectivity index (χ3n) is 12.3. The van der Waals surface area contributed by atoms with Crippen LogP contribution in [0.15, 0.2) is 247 Å². The van der Waals surface area contributed by atoms with Crippen LogP contribution in [0, 0.1) is 0 Å². The van der Waals surface area contributed by atoms with Gasteiger partial charge in [-0.1, -0.05) is 200 Å². The molecule has 0 saturated heterocycles. The van der Waals surface area contributed by atoms with E-state index in [1.165, 1.54) is 4.57 Å². The van der Waals surface area contributed by atoms with Gasteiger partial charge in [-0.15, -0.1) is 0 Å². The second kappa shape index (κ2) is 14.5. The molecule has 0 unspecified atom stereocenters. The van der Waals surface area contributed by atoms with Crippen molar-refractivity contribution in [2.75, 3.05) is 0 Å². The first-order valence-corrected chi connectivity index (χ1v) is 22.6. The minimum Gasteiger partial charge on any atom is -0.454 e. The van der Waals surface area contributed by atoms with Crippen molar-refractivity contribution in [2.24, 2.45) is 0 Å². The van der Waals surface area contributed by atoms with Gasteiger partial charge in [-0.2, -0.15) is 0 Å². The highest BCUT2D eigenvalue weighted by Crippen LogP contribution is 2.45. The summed E-state index contributed by atoms with van der Waals surface area (Å²) in [4.78, 5) is 0. The maximum absolute atomic E-state index is 10.4. The molecule has 4 heteroatoms. The minimum atomic E-state index is -3.98. The first-order chi connectivity index (χ1) is 38.8. The second-order valence-corrected chi connectivity index (χ2v) is 19.2. The number of para-hydroxylation sites is 4. The van der Waals surface area contributed by atoms with Crippen LogP contribution in [0.4, 0.5) is 0 Å². The molecule has 0 aliphatic rings. The maximum atomic E-state index is 10.4. The Morgan fingerprint density at radius 2 is 0.953 bits per heavy atom. The summed E-state index contributed by atoms with van der Waals surface area (Å²) in [6.45, 7) is 0. The van der Waals surface area contributed by atoms with E-state index in [0.717, 1.165) is 10.4 Å². The number of aromatic nitrogens is 2. The minimum absolute atomic E-state index is 0.00134. The SMILES string of the molecule is [2H]c1c([2H])c([2H])c(-c2ccc([Si](c3ccccc3)(c3ccccc3)c3c([2H])c([2H])c(-n4c5ccccc5c5cc(-n6c7c([2H])c([2H])c([2H])c([2H])c7c7c([2H])c([2H])c([2H])c([2H])c76)c6oc7ccccc7c6c54)c([2H])c3[2H])cc2)c([2H])c1[2H]. The molecule has 10 aromatic carbocycles. The van der Waals surface area contributed by atoms with Crippen LogP contribution in [-0.2, 0) is 0 Å². The molecule has 64 heavy (non-hydrogen) atoms. The first-order valence-electron chi connectivity index (χ1n) is 29.1. The van der Waals surface area contributed by atoms with Gasteiger partial charge in [-0.05, 0) is 74.2 Å². The molecule has 3 heterocycles. The summed E-state index contributed by atoms with van der Waals surface area (Å²) in [7, 11) is -3.98. The Balaban J connectivity index is 1.15. The van der Waals surface area contributed by atoms with Crippen molar-refractivity contribution in [1.29, 1.82) is 0 Å². The number of nitrogens with zero attached hydrogens (tertiary/aromatic N) is 2. The number of benzene rings is 10. The van der Waals surface area contributed by atoms with Gasteiger partial charge in [0.25, 0.3) is 0 Å². The van der Waals surface area contributed by atoms with Crippen molar-refractivity contribution < 1.29 is 27.7 Å². The molecular weight excluding hydrogens is 793 g/mol. The molecule has 0 saturated carbocycles. The Bertz CT molecular complexity index is 4730. The van der Waals surface area contributed by atoms with Gasteiger partial charge >= 0.3 is 0 Å². The monoisotopic (exact) mass is 849 g/mol. The quantitative estimate of drug-likeness (QED) is 0.116. The molecule has 0 spiro atoms. The van der Waals surface area contributed by atoms with E-state index in [0.29, 0.717) is 48.9 Å². The predicted molar refractivity (Wildman–Crippen MR) is 271 cm³/mol. The van der Waals surface area contributed by atoms with Crippen LogP contribution in [0.2, 0.25) is 0 Å². The fourth-order valence-corrected chi connectivity index (χ4v) is 14.0. The number of hydrogen-bond acceptors (Lipinski definition) is 1. The third-order valence-corrected chi connectivity index (χ3v) is 16.9. The van der Waals surface area contributed by atoms with Gasteiger partial charge < -0.3 is 13.6 Å². The van der Waals surface area contributed by atoms with Gasteiger partial charge in [0.1, 0.15) is 5.58 Å². The zero-order chi connectivity index (χ0) is 57.0. The largest absolute Gasteiger partial charge is 0.454 e. The fraction of sp³-hybridized carbons (Fsp3) is 0. The van der Waals surface area contributed by atoms with Crippen molar-refractivity contribution in [1.82, 2.24) is 9.13 Å². The van der Waals surface area contributed by atoms with Gasteiger partial charge in [-0.3, -0.25) is 0 Å². The van der Waals surface area contributed by atoms with E-state index < -0.39 is 74.5 Å². The number of furan rings is 1. The van der Waals surface area contributed by atoms with E-state index in [1.807, 2.05) is 72.8 Å². The summed E-state index contributed by atoms with van der Waals surface area (Å²) in [5.41, 5.74) is 1.55. The van der Waals surface area contributed by atoms with E-state index in [9.17, 15) is 8.22 Å². The van der Waals surface area contributed by atoms with E-state index >= 15 is 0 Å². The molecule has 0 amide bonds. The standard InChI is InChI=1S/C60H40N2OSi/c1-4-18-41(19-5-1)42-32-36-46(37-33-42)64(44-20-6-2-7-21-44,45-22-8-3-9-23-45)47-38-34-43(35-39-47)61-53-28-14-12-26-50(53)52-40-56(60-58(59(52)61)51-27-13-17-31-57(51)63-60)62-54-29-15-10-24-48(54)49-25-11-16-30-55(49)62/h1-40H/i1D,4D,5D,10D,11D,15D,16D,18D,19D,24D,25D,29D,30D,34D,35D,38D,39D. The van der Waals surface area contributed by atoms with Gasteiger partial charge in [0, 0.05) is 32.6 Å². The summed E-state index contributed by atoms with van der Waals surface area (Å²) < 4.78 is 166. The lowest BCUT2D eigenvalue weighted by Crippen LogP contribution is -2.74. The van der Waals surface area contributed by atoms with E-state index in [4.69, 9.17) is 19.5 Å². The highest BCUT2D eigenvalue weighted by Gasteiger charge is 2.41. The molecule has 0 aliphatic heterocycles. The smallest absolute Gasteiger partial charge is 0.179 e. The van der Waals surface area contributed by atoms with Crippen molar-refractivity contribution >= 4 is 94.4 Å². The first kappa shape index (κ1) is 23.3. The molecule has 0 N–H and O–H groups in total. The molecule has 0 aliphatic carbocycles. The lowest BCUT2D eigenvalue weighted by atomic mass is 10.1. The lowest BCUT2D eigenvalue weighted by Gasteiger charge is -2.34. The fourth-order valence-electron chi connectivity index (χ4n) is 9.58. The van der Waals surface area contributed by atoms with Crippen LogP contribution in [0.5, 0.6) is 0 Å². The third kappa shape index (κ3) is 5.33. The Morgan fingerprint density at radius 3 is 1.62 bits per heavy atom. The van der Waals surface area contributed by atoms with Crippen LogP contribution in [-0.4, -0.2) is 17.2 Å². The van der Waals surface area contributed by atoms with Crippen molar-refractivity contribution in [3.05, 3.63) is 242 Å². The summed E-state index contributed by atoms with van der Waals surface area (Å²) in [5, 5.41) is 3.97. The Kier molecular flexibility index (Phi) is 5.26. The zero-order valence-corrected chi connectivity index (χ0v) is 34.6. The van der Waals surface area contributed by atoms with E-state index in [1.54, 1.807) is 71.3 Å². The molecule has 13 rings (SSSR count). The predicted octanol–water partition coefficient (Wildman–Crippen LogP) is 12.8. The molecule has 300 valence electrons. The number of hydrogen-bond donors (Lipinski definition) is 0. The summed E-state index contributed by atoms with van der Waals surface area (Å²) in [6.07, 6.45) is 0. The van der Waals surface area contributed by atoms with Crippen LogP contribution < -0.4 is 20.7 Å². The van der Waals surface area contributed by atoms with Gasteiger partial charge in [0.2, 0.25) is 0 Å². The van der Waals surface area contributed by atoms with Crippen LogP contribution in [0.25, 0.3) is 88.1 Å². The van der Waals surface area contributed by atoms with Crippen LogP contribution in [0.3, 0.4) is 0 Å². The average molecular weight is 850 g/mol. The molecule has 0 bridgehead atoms. The molecule has 3 nitrogen and oxygen atoms in total. The molecule has 3 aromatic heterocycles. The highest BCUT2D eigenvalue weighted by atomic mass is 28.3. The molecule has 13 aromatic rings. The second-order valence-electron chi connectivity index (χ2n) is 15.5. The van der Waals surface area contributed by atoms with Crippen molar-refractivity contribution in [3.8, 4) is 22.5 Å². The Labute approximate surface area is 395 Å². The van der Waals surface area contributed by atoms with Crippen molar-refractivity contribution in [3.63, 3.8) is 0 Å². The van der Waals surface area contributed by atoms with Gasteiger partial charge in [0.05, 0.1) is 56.4 Å². The number of fused-ring (bicyclic) bond motifs is 10. The van der Waals surface area contributed by atoms with Gasteiger partial charge in [-0.25, -0.2) is 0 Å². The van der Waals surface area contributed by atoms with Crippen molar-refractivity contribution in [2.45, 2.75) is 0 Å². The number of rotatable bonds is 7. The normalized spacial score (nSPS) is 15.8. The van der Waals surface area contributed by atoms with E-state index in [2.05, 4.69) is 0 Å². The molecule has 0 atom stereocenters. The highest BCUT2D eigenvalue weighted by molar-refractivity contribution is 7.19. The Morgan fingerprint density at radius 1 is 0.391 bits per heavy atom. The molecule has 0 radical (unpaired) electrons. The molecule has 0 fully saturated rings. The maximum Gasteiger partial charge on any atom is 0.179 e. The van der Waals surface area contributed by atoms with Gasteiger partial charge in [0.15, 0.2) is 13.7 Å². The van der Waals surface area contributed by atoms with Crippen LogP contribution >= 0.6 is 0 Å². The summed E-state index contributed by atoms with van der Waals surface area (Å²) in [5.74, 6) is 0. The molecular formula is C60H40N2OSi. The Hall–Kier alpha value is -8.18. The lowest BCUT2D eigenvalue weighted by molar-refractivity contribution is 0.666.